The second kappa shape index (κ2) is 4.49. The fourth-order valence-electron chi connectivity index (χ4n) is 2.48. The van der Waals surface area contributed by atoms with E-state index < -0.39 is 0 Å². The van der Waals surface area contributed by atoms with Crippen LogP contribution in [-0.2, 0) is 0 Å². The highest BCUT2D eigenvalue weighted by Gasteiger charge is 2.38. The van der Waals surface area contributed by atoms with Gasteiger partial charge in [-0.15, -0.1) is 0 Å². The molecule has 0 aliphatic carbocycles. The molecule has 1 heterocycles. The first-order valence-electron chi connectivity index (χ1n) is 6.42. The third-order valence-electron chi connectivity index (χ3n) is 3.63. The number of nitrogens with two attached hydrogens (primary N) is 1. The maximum atomic E-state index is 12.4. The highest BCUT2D eigenvalue weighted by Crippen LogP contribution is 2.31. The van der Waals surface area contributed by atoms with Gasteiger partial charge in [0.15, 0.2) is 0 Å². The van der Waals surface area contributed by atoms with E-state index >= 15 is 0 Å². The van der Waals surface area contributed by atoms with Gasteiger partial charge in [-0.25, -0.2) is 0 Å². The Balaban J connectivity index is 1.98. The summed E-state index contributed by atoms with van der Waals surface area (Å²) in [5.41, 5.74) is 8.14. The Hall–Kier alpha value is -2.62. The summed E-state index contributed by atoms with van der Waals surface area (Å²) in [4.78, 5) is 26.0. The van der Waals surface area contributed by atoms with Gasteiger partial charge < -0.3 is 5.73 Å². The smallest absolute Gasteiger partial charge is 0.262 e. The van der Waals surface area contributed by atoms with Gasteiger partial charge in [-0.05, 0) is 36.8 Å². The van der Waals surface area contributed by atoms with Gasteiger partial charge in [0.1, 0.15) is 0 Å². The van der Waals surface area contributed by atoms with Gasteiger partial charge in [-0.2, -0.15) is 0 Å². The predicted octanol–water partition coefficient (Wildman–Crippen LogP) is 2.63. The highest BCUT2D eigenvalue weighted by atomic mass is 16.2. The summed E-state index contributed by atoms with van der Waals surface area (Å²) in [6.07, 6.45) is 0. The summed E-state index contributed by atoms with van der Waals surface area (Å²) >= 11 is 0. The summed E-state index contributed by atoms with van der Waals surface area (Å²) < 4.78 is 0. The van der Waals surface area contributed by atoms with Gasteiger partial charge in [-0.1, -0.05) is 24.3 Å². The van der Waals surface area contributed by atoms with Gasteiger partial charge in [0.05, 0.1) is 17.2 Å². The zero-order valence-electron chi connectivity index (χ0n) is 11.0. The second-order valence-electron chi connectivity index (χ2n) is 4.87. The van der Waals surface area contributed by atoms with Crippen molar-refractivity contribution in [3.63, 3.8) is 0 Å². The molecule has 1 atom stereocenters. The summed E-state index contributed by atoms with van der Waals surface area (Å²) in [6.45, 7) is 1.84. The number of imide groups is 1. The minimum Gasteiger partial charge on any atom is -0.399 e. The van der Waals surface area contributed by atoms with E-state index in [1.54, 1.807) is 36.4 Å². The Kier molecular flexibility index (Phi) is 2.79. The molecule has 2 aromatic carbocycles. The monoisotopic (exact) mass is 266 g/mol. The van der Waals surface area contributed by atoms with Crippen LogP contribution in [0.15, 0.2) is 48.5 Å². The lowest BCUT2D eigenvalue weighted by molar-refractivity contribution is 0.0595. The van der Waals surface area contributed by atoms with Gasteiger partial charge >= 0.3 is 0 Å². The van der Waals surface area contributed by atoms with Crippen LogP contribution >= 0.6 is 0 Å². The van der Waals surface area contributed by atoms with E-state index in [1.165, 1.54) is 4.90 Å². The molecule has 100 valence electrons. The van der Waals surface area contributed by atoms with Crippen molar-refractivity contribution in [1.82, 2.24) is 4.90 Å². The molecular formula is C16H14N2O2. The summed E-state index contributed by atoms with van der Waals surface area (Å²) in [6, 6.07) is 13.8. The number of fused-ring (bicyclic) bond motifs is 1. The summed E-state index contributed by atoms with van der Waals surface area (Å²) in [7, 11) is 0. The Morgan fingerprint density at radius 2 is 1.40 bits per heavy atom. The molecule has 1 aliphatic rings. The number of anilines is 1. The molecule has 4 nitrogen and oxygen atoms in total. The molecule has 2 N–H and O–H groups in total. The molecule has 0 bridgehead atoms. The normalized spacial score (nSPS) is 15.3. The van der Waals surface area contributed by atoms with Gasteiger partial charge in [-0.3, -0.25) is 14.5 Å². The van der Waals surface area contributed by atoms with E-state index in [1.807, 2.05) is 19.1 Å². The summed E-state index contributed by atoms with van der Waals surface area (Å²) in [5.74, 6) is -0.482. The number of carbonyl (C=O) groups is 2. The maximum absolute atomic E-state index is 12.4. The molecule has 1 aliphatic heterocycles. The van der Waals surface area contributed by atoms with Crippen LogP contribution in [0.4, 0.5) is 5.69 Å². The second-order valence-corrected chi connectivity index (χ2v) is 4.87. The minimum atomic E-state index is -0.317. The molecule has 0 radical (unpaired) electrons. The number of benzene rings is 2. The minimum absolute atomic E-state index is 0.241. The first-order valence-corrected chi connectivity index (χ1v) is 6.42. The molecular weight excluding hydrogens is 252 g/mol. The average molecular weight is 266 g/mol. The number of nitrogens with zero attached hydrogens (tertiary/aromatic N) is 1. The van der Waals surface area contributed by atoms with Gasteiger partial charge in [0.25, 0.3) is 11.8 Å². The van der Waals surface area contributed by atoms with Crippen molar-refractivity contribution in [2.45, 2.75) is 13.0 Å². The third-order valence-corrected chi connectivity index (χ3v) is 3.63. The SMILES string of the molecule is CC(c1ccc(N)cc1)N1C(=O)c2ccccc2C1=O. The lowest BCUT2D eigenvalue weighted by Gasteiger charge is -2.22. The molecule has 0 spiro atoms. The van der Waals surface area contributed by atoms with E-state index in [0.29, 0.717) is 16.8 Å². The van der Waals surface area contributed by atoms with E-state index in [2.05, 4.69) is 0 Å². The molecule has 0 saturated carbocycles. The molecule has 0 fully saturated rings. The van der Waals surface area contributed by atoms with E-state index in [-0.39, 0.29) is 17.9 Å². The van der Waals surface area contributed by atoms with Crippen molar-refractivity contribution in [1.29, 1.82) is 0 Å². The van der Waals surface area contributed by atoms with Crippen LogP contribution in [0.25, 0.3) is 0 Å². The van der Waals surface area contributed by atoms with E-state index in [0.717, 1.165) is 5.56 Å². The largest absolute Gasteiger partial charge is 0.399 e. The van der Waals surface area contributed by atoms with Crippen molar-refractivity contribution < 1.29 is 9.59 Å². The molecule has 0 aromatic heterocycles. The highest BCUT2D eigenvalue weighted by molar-refractivity contribution is 6.21. The molecule has 3 rings (SSSR count). The fraction of sp³-hybridized carbons (Fsp3) is 0.125. The molecule has 0 saturated heterocycles. The van der Waals surface area contributed by atoms with Crippen LogP contribution in [0.2, 0.25) is 0 Å². The van der Waals surface area contributed by atoms with Crippen molar-refractivity contribution in [2.24, 2.45) is 0 Å². The average Bonchev–Trinajstić information content (AvgIpc) is 2.72. The van der Waals surface area contributed by atoms with Crippen LogP contribution in [0.3, 0.4) is 0 Å². The van der Waals surface area contributed by atoms with Crippen molar-refractivity contribution in [2.75, 3.05) is 5.73 Å². The van der Waals surface area contributed by atoms with Crippen LogP contribution in [0.1, 0.15) is 39.2 Å². The first kappa shape index (κ1) is 12.4. The number of amides is 2. The van der Waals surface area contributed by atoms with Crippen LogP contribution < -0.4 is 5.73 Å². The zero-order valence-corrected chi connectivity index (χ0v) is 11.0. The van der Waals surface area contributed by atoms with E-state index in [4.69, 9.17) is 5.73 Å². The van der Waals surface area contributed by atoms with Gasteiger partial charge in [0, 0.05) is 5.69 Å². The van der Waals surface area contributed by atoms with Crippen molar-refractivity contribution >= 4 is 17.5 Å². The summed E-state index contributed by atoms with van der Waals surface area (Å²) in [5, 5.41) is 0. The molecule has 2 aromatic rings. The molecule has 20 heavy (non-hydrogen) atoms. The Morgan fingerprint density at radius 1 is 0.900 bits per heavy atom. The number of carbonyl (C=O) groups excluding carboxylic acids is 2. The van der Waals surface area contributed by atoms with E-state index in [9.17, 15) is 9.59 Å². The third kappa shape index (κ3) is 1.77. The Bertz CT molecular complexity index is 657. The van der Waals surface area contributed by atoms with Crippen molar-refractivity contribution in [3.8, 4) is 0 Å². The Morgan fingerprint density at radius 3 is 1.90 bits per heavy atom. The predicted molar refractivity (Wildman–Crippen MR) is 76.2 cm³/mol. The quantitative estimate of drug-likeness (QED) is 0.671. The van der Waals surface area contributed by atoms with Crippen LogP contribution in [0, 0.1) is 0 Å². The first-order chi connectivity index (χ1) is 9.59. The number of hydrogen-bond donors (Lipinski definition) is 1. The standard InChI is InChI=1S/C16H14N2O2/c1-10(11-6-8-12(17)9-7-11)18-15(19)13-4-2-3-5-14(13)16(18)20/h2-10H,17H2,1H3. The number of rotatable bonds is 2. The Labute approximate surface area is 116 Å². The van der Waals surface area contributed by atoms with Crippen LogP contribution in [0.5, 0.6) is 0 Å². The van der Waals surface area contributed by atoms with Crippen molar-refractivity contribution in [3.05, 3.63) is 65.2 Å². The molecule has 4 heteroatoms. The zero-order chi connectivity index (χ0) is 14.3. The van der Waals surface area contributed by atoms with Gasteiger partial charge in [0.2, 0.25) is 0 Å². The maximum Gasteiger partial charge on any atom is 0.262 e. The fourth-order valence-corrected chi connectivity index (χ4v) is 2.48. The van der Waals surface area contributed by atoms with Crippen LogP contribution in [-0.4, -0.2) is 16.7 Å². The number of nitrogen functional groups attached to an aromatic ring is 1. The molecule has 1 unspecified atom stereocenters. The lowest BCUT2D eigenvalue weighted by Crippen LogP contribution is -2.32. The lowest BCUT2D eigenvalue weighted by atomic mass is 10.1. The molecule has 2 amide bonds. The topological polar surface area (TPSA) is 63.4 Å². The number of hydrogen-bond acceptors (Lipinski definition) is 3.